The van der Waals surface area contributed by atoms with E-state index in [4.69, 9.17) is 23.7 Å². The molecule has 0 aliphatic carbocycles. The van der Waals surface area contributed by atoms with E-state index in [2.05, 4.69) is 0 Å². The molecule has 2 aromatic rings. The van der Waals surface area contributed by atoms with Gasteiger partial charge in [-0.05, 0) is 37.8 Å². The van der Waals surface area contributed by atoms with E-state index in [-0.39, 0.29) is 31.5 Å². The first-order valence-corrected chi connectivity index (χ1v) is 12.7. The maximum atomic E-state index is 13.3. The number of ether oxygens (including phenoxy) is 3. The number of aliphatic hydroxyl groups excluding tert-OH is 1. The molecule has 1 aliphatic heterocycles. The first-order chi connectivity index (χ1) is 17.7. The average Bonchev–Trinajstić information content (AvgIpc) is 3.48. The maximum absolute atomic E-state index is 13.3. The number of cyclic esters (lactones) is 1. The van der Waals surface area contributed by atoms with Crippen molar-refractivity contribution in [2.24, 2.45) is 11.8 Å². The van der Waals surface area contributed by atoms with Gasteiger partial charge in [0.25, 0.3) is 0 Å². The molecule has 37 heavy (non-hydrogen) atoms. The Labute approximate surface area is 217 Å². The molecule has 3 rings (SSSR count). The molecule has 0 saturated carbocycles. The lowest BCUT2D eigenvalue weighted by atomic mass is 9.98. The van der Waals surface area contributed by atoms with E-state index < -0.39 is 29.7 Å². The van der Waals surface area contributed by atoms with Crippen LogP contribution < -0.4 is 0 Å². The number of aryl methyl sites for hydroxylation is 2. The second kappa shape index (κ2) is 13.5. The number of furan rings is 1. The van der Waals surface area contributed by atoms with Crippen molar-refractivity contribution in [1.82, 2.24) is 4.90 Å². The molecule has 2 atom stereocenters. The normalized spacial score (nSPS) is 16.3. The molecular formula is C28H37NO8. The van der Waals surface area contributed by atoms with Gasteiger partial charge in [-0.3, -0.25) is 9.59 Å². The number of ketones is 1. The lowest BCUT2D eigenvalue weighted by Crippen LogP contribution is -2.45. The Morgan fingerprint density at radius 3 is 2.51 bits per heavy atom. The number of rotatable bonds is 14. The Hall–Kier alpha value is -3.01. The zero-order valence-electron chi connectivity index (χ0n) is 22.0. The van der Waals surface area contributed by atoms with Gasteiger partial charge >= 0.3 is 6.09 Å². The van der Waals surface area contributed by atoms with Gasteiger partial charge in [0.2, 0.25) is 11.7 Å². The minimum absolute atomic E-state index is 0.00398. The van der Waals surface area contributed by atoms with Crippen LogP contribution in [0.3, 0.4) is 0 Å². The van der Waals surface area contributed by atoms with Crippen molar-refractivity contribution in [2.45, 2.75) is 46.6 Å². The molecule has 1 saturated heterocycles. The zero-order chi connectivity index (χ0) is 26.9. The molecular weight excluding hydrogens is 478 g/mol. The standard InChI is InChI=1S/C28H37NO8/c1-18(2)23-17-36-28(33)29(23)27(32)20(4)26(31)25-16-22(21-8-5-7-19(3)15-21)24(37-25)9-6-11-34-13-14-35-12-10-30/h5,7-8,15-16,18,20,23,30H,6,9-14,17H2,1-4H3/t20-,23+/m0/s1. The third-order valence-corrected chi connectivity index (χ3v) is 6.36. The van der Waals surface area contributed by atoms with Gasteiger partial charge in [0.15, 0.2) is 5.76 Å². The smallest absolute Gasteiger partial charge is 0.417 e. The number of hydrogen-bond acceptors (Lipinski definition) is 8. The van der Waals surface area contributed by atoms with Crippen LogP contribution in [0.25, 0.3) is 11.1 Å². The van der Waals surface area contributed by atoms with Crippen molar-refractivity contribution >= 4 is 17.8 Å². The highest BCUT2D eigenvalue weighted by molar-refractivity contribution is 6.12. The number of benzene rings is 1. The topological polar surface area (TPSA) is 116 Å². The molecule has 1 fully saturated rings. The Kier molecular flexibility index (Phi) is 10.4. The summed E-state index contributed by atoms with van der Waals surface area (Å²) in [6.07, 6.45) is 0.472. The Bertz CT molecular complexity index is 1080. The third kappa shape index (κ3) is 7.28. The van der Waals surface area contributed by atoms with Crippen LogP contribution in [0.5, 0.6) is 0 Å². The van der Waals surface area contributed by atoms with E-state index in [1.54, 1.807) is 6.07 Å². The SMILES string of the molecule is Cc1cccc(-c2cc(C(=O)[C@H](C)C(=O)N3C(=O)OC[C@@H]3C(C)C)oc2CCCOCCOCCO)c1. The Morgan fingerprint density at radius 2 is 1.84 bits per heavy atom. The van der Waals surface area contributed by atoms with Gasteiger partial charge in [0.05, 0.1) is 32.5 Å². The number of aliphatic hydroxyl groups is 1. The van der Waals surface area contributed by atoms with Crippen molar-refractivity contribution in [3.05, 3.63) is 47.4 Å². The molecule has 1 N–H and O–H groups in total. The number of imide groups is 1. The quantitative estimate of drug-likeness (QED) is 0.228. The van der Waals surface area contributed by atoms with Gasteiger partial charge in [-0.1, -0.05) is 43.7 Å². The summed E-state index contributed by atoms with van der Waals surface area (Å²) in [5.74, 6) is -1.45. The highest BCUT2D eigenvalue weighted by Crippen LogP contribution is 2.31. The maximum Gasteiger partial charge on any atom is 0.417 e. The fraction of sp³-hybridized carbons (Fsp3) is 0.536. The summed E-state index contributed by atoms with van der Waals surface area (Å²) in [6.45, 7) is 8.97. The molecule has 9 heteroatoms. The molecule has 0 spiro atoms. The Morgan fingerprint density at radius 1 is 1.11 bits per heavy atom. The molecule has 0 unspecified atom stereocenters. The molecule has 2 amide bonds. The lowest BCUT2D eigenvalue weighted by Gasteiger charge is -2.24. The van der Waals surface area contributed by atoms with Crippen LogP contribution in [0.1, 0.15) is 49.1 Å². The van der Waals surface area contributed by atoms with Crippen LogP contribution >= 0.6 is 0 Å². The lowest BCUT2D eigenvalue weighted by molar-refractivity contribution is -0.132. The second-order valence-electron chi connectivity index (χ2n) is 9.55. The molecule has 1 aromatic carbocycles. The van der Waals surface area contributed by atoms with Gasteiger partial charge in [-0.25, -0.2) is 9.69 Å². The van der Waals surface area contributed by atoms with E-state index in [1.165, 1.54) is 6.92 Å². The van der Waals surface area contributed by atoms with Crippen LogP contribution in [0, 0.1) is 18.8 Å². The molecule has 2 heterocycles. The largest absolute Gasteiger partial charge is 0.457 e. The van der Waals surface area contributed by atoms with Crippen molar-refractivity contribution in [3.8, 4) is 11.1 Å². The summed E-state index contributed by atoms with van der Waals surface area (Å²) in [5, 5.41) is 8.73. The van der Waals surface area contributed by atoms with Crippen LogP contribution in [-0.4, -0.2) is 73.5 Å². The van der Waals surface area contributed by atoms with Crippen LogP contribution in [0.4, 0.5) is 4.79 Å². The van der Waals surface area contributed by atoms with Crippen molar-refractivity contribution in [1.29, 1.82) is 0 Å². The van der Waals surface area contributed by atoms with Gasteiger partial charge in [-0.2, -0.15) is 0 Å². The van der Waals surface area contributed by atoms with E-state index in [9.17, 15) is 14.4 Å². The highest BCUT2D eigenvalue weighted by Gasteiger charge is 2.43. The van der Waals surface area contributed by atoms with Gasteiger partial charge in [0, 0.05) is 18.6 Å². The van der Waals surface area contributed by atoms with Crippen molar-refractivity contribution in [2.75, 3.05) is 39.6 Å². The number of nitrogens with zero attached hydrogens (tertiary/aromatic N) is 1. The monoisotopic (exact) mass is 515 g/mol. The van der Waals surface area contributed by atoms with Gasteiger partial charge < -0.3 is 23.7 Å². The summed E-state index contributed by atoms with van der Waals surface area (Å²) in [5.41, 5.74) is 2.77. The number of carbonyl (C=O) groups excluding carboxylic acids is 3. The number of hydrogen-bond donors (Lipinski definition) is 1. The second-order valence-corrected chi connectivity index (χ2v) is 9.55. The average molecular weight is 516 g/mol. The summed E-state index contributed by atoms with van der Waals surface area (Å²) < 4.78 is 21.9. The highest BCUT2D eigenvalue weighted by atomic mass is 16.6. The molecule has 9 nitrogen and oxygen atoms in total. The molecule has 0 bridgehead atoms. The molecule has 202 valence electrons. The fourth-order valence-electron chi connectivity index (χ4n) is 4.23. The third-order valence-electron chi connectivity index (χ3n) is 6.36. The van der Waals surface area contributed by atoms with Gasteiger partial charge in [-0.15, -0.1) is 0 Å². The summed E-state index contributed by atoms with van der Waals surface area (Å²) in [4.78, 5) is 39.8. The van der Waals surface area contributed by atoms with Gasteiger partial charge in [0.1, 0.15) is 18.3 Å². The van der Waals surface area contributed by atoms with E-state index >= 15 is 0 Å². The molecule has 1 aliphatic rings. The first kappa shape index (κ1) is 28.6. The van der Waals surface area contributed by atoms with E-state index in [0.29, 0.717) is 38.4 Å². The fourth-order valence-corrected chi connectivity index (χ4v) is 4.23. The van der Waals surface area contributed by atoms with Crippen LogP contribution in [0.15, 0.2) is 34.7 Å². The predicted molar refractivity (Wildman–Crippen MR) is 136 cm³/mol. The predicted octanol–water partition coefficient (Wildman–Crippen LogP) is 4.04. The van der Waals surface area contributed by atoms with Crippen LogP contribution in [-0.2, 0) is 25.4 Å². The van der Waals surface area contributed by atoms with E-state index in [1.807, 2.05) is 45.0 Å². The van der Waals surface area contributed by atoms with Crippen molar-refractivity contribution in [3.63, 3.8) is 0 Å². The van der Waals surface area contributed by atoms with Crippen molar-refractivity contribution < 1.29 is 38.1 Å². The summed E-state index contributed by atoms with van der Waals surface area (Å²) in [7, 11) is 0. The van der Waals surface area contributed by atoms with Crippen LogP contribution in [0.2, 0.25) is 0 Å². The number of Topliss-reactive ketones (excluding diaryl/α,β-unsaturated/α-hetero) is 1. The molecule has 0 radical (unpaired) electrons. The number of carbonyl (C=O) groups is 3. The molecule has 1 aromatic heterocycles. The summed E-state index contributed by atoms with van der Waals surface area (Å²) in [6, 6.07) is 9.17. The van der Waals surface area contributed by atoms with E-state index in [0.717, 1.165) is 21.6 Å². The minimum Gasteiger partial charge on any atom is -0.457 e. The minimum atomic E-state index is -1.10. The number of amides is 2. The Balaban J connectivity index is 1.74. The zero-order valence-corrected chi connectivity index (χ0v) is 22.0. The summed E-state index contributed by atoms with van der Waals surface area (Å²) >= 11 is 0. The first-order valence-electron chi connectivity index (χ1n) is 12.7.